The van der Waals surface area contributed by atoms with Crippen LogP contribution in [0.4, 0.5) is 30.7 Å². The van der Waals surface area contributed by atoms with E-state index in [4.69, 9.17) is 38.5 Å². The number of methoxy groups -OCH3 is 1. The first-order chi connectivity index (χ1) is 54.7. The Bertz CT molecular complexity index is 4460. The molecule has 14 heteroatoms. The quantitative estimate of drug-likeness (QED) is 0.121. The zero-order valence-corrected chi connectivity index (χ0v) is 78.1. The number of hydrogen-bond donors (Lipinski definition) is 0. The largest absolute Gasteiger partial charge is 0.496 e. The maximum absolute atomic E-state index is 12.9. The minimum atomic E-state index is -4.30. The number of aromatic nitrogens is 2. The number of pyridine rings is 2. The van der Waals surface area contributed by atoms with Crippen LogP contribution in [0.1, 0.15) is 344 Å². The van der Waals surface area contributed by atoms with Gasteiger partial charge in [-0.15, -0.1) is 0 Å². The number of ether oxygens (including phenoxy) is 1. The fourth-order valence-corrected chi connectivity index (χ4v) is 11.2. The van der Waals surface area contributed by atoms with Crippen molar-refractivity contribution in [3.8, 4) is 17.9 Å². The summed E-state index contributed by atoms with van der Waals surface area (Å²) in [6.45, 7) is 63.0. The summed E-state index contributed by atoms with van der Waals surface area (Å²) >= 11 is 11.9. The van der Waals surface area contributed by atoms with Gasteiger partial charge >= 0.3 is 12.4 Å². The van der Waals surface area contributed by atoms with Crippen molar-refractivity contribution in [2.24, 2.45) is 0 Å². The number of alkyl halides is 6. The van der Waals surface area contributed by atoms with E-state index >= 15 is 0 Å². The van der Waals surface area contributed by atoms with Gasteiger partial charge in [0.2, 0.25) is 0 Å². The molecule has 0 aliphatic rings. The van der Waals surface area contributed by atoms with Crippen LogP contribution in [0.15, 0.2) is 176 Å². The van der Waals surface area contributed by atoms with E-state index in [2.05, 4.69) is 246 Å². The molecule has 0 unspecified atom stereocenters. The molecule has 8 aromatic carbocycles. The Hall–Kier alpha value is -9.07. The molecule has 119 heavy (non-hydrogen) atoms. The van der Waals surface area contributed by atoms with E-state index in [9.17, 15) is 30.7 Å². The number of nitrogens with zero attached hydrogens (tertiary/aromatic N) is 4. The lowest BCUT2D eigenvalue weighted by molar-refractivity contribution is -0.139. The van der Waals surface area contributed by atoms with Crippen molar-refractivity contribution in [3.05, 3.63) is 331 Å². The molecule has 0 spiro atoms. The van der Waals surface area contributed by atoms with Crippen LogP contribution < -0.4 is 4.74 Å². The van der Waals surface area contributed by atoms with E-state index in [1.807, 2.05) is 110 Å². The molecule has 0 saturated heterocycles. The van der Waals surface area contributed by atoms with E-state index < -0.39 is 23.5 Å². The first-order valence-corrected chi connectivity index (χ1v) is 41.6. The van der Waals surface area contributed by atoms with E-state index in [0.717, 1.165) is 66.0 Å². The summed E-state index contributed by atoms with van der Waals surface area (Å²) in [4.78, 5) is 7.91. The van der Waals surface area contributed by atoms with E-state index in [0.29, 0.717) is 52.9 Å². The highest BCUT2D eigenvalue weighted by Crippen LogP contribution is 2.36. The highest BCUT2D eigenvalue weighted by Gasteiger charge is 2.34. The normalized spacial score (nSPS) is 10.7. The SMILES string of the molecule is C.COc1cc(C(C)C)ccc1C.Cc1cc(C(C)C)ccc1C#N.Cc1ccc(C(C)C)cc1.Cc1ccc(C(C)C)cc1C.Cc1ccc(C(C)C)cc1C#N.Cc1ccc(C(C)C)cc1C(F)(F)F.Cc1ccc(C(C)C)cc1Cl.Cc1ccc(C(C)C)cc1F.Cc1ncc(C(C)C)cc1C(F)(F)F.Cc1ncc(C(C)C)cc1Cl. The predicted octanol–water partition coefficient (Wildman–Crippen LogP) is 34.2. The van der Waals surface area contributed by atoms with E-state index in [-0.39, 0.29) is 36.3 Å². The van der Waals surface area contributed by atoms with Crippen LogP contribution in [0.2, 0.25) is 10.0 Å². The van der Waals surface area contributed by atoms with Gasteiger partial charge in [-0.25, -0.2) is 4.39 Å². The Morgan fingerprint density at radius 1 is 0.303 bits per heavy atom. The highest BCUT2D eigenvalue weighted by molar-refractivity contribution is 6.31. The lowest BCUT2D eigenvalue weighted by Crippen LogP contribution is -2.10. The summed E-state index contributed by atoms with van der Waals surface area (Å²) in [5.41, 5.74) is 22.6. The van der Waals surface area contributed by atoms with Crippen LogP contribution in [0, 0.1) is 105 Å². The van der Waals surface area contributed by atoms with Crippen molar-refractivity contribution in [1.82, 2.24) is 9.97 Å². The molecular weight excluding hydrogens is 1540 g/mol. The molecule has 0 fully saturated rings. The minimum Gasteiger partial charge on any atom is -0.496 e. The standard InChI is InChI=1S/C11H13F3.2C11H13N.C11H16O.C11H16.C10H13Cl.C10H12F3N.C10H13F.C10H14.C9H12ClN.CH4/c1-7(2)9-5-4-8(3)10(6-9)11(12,13)14;1-8(2)10-4-5-11(7-12)9(3)6-10;1-8(2)10-5-4-9(3)11(6-10)7-12;1-8(2)10-6-5-9(3)11(7-10)12-4;1-8(2)11-6-5-9(3)10(4)7-11;1-7(2)9-5-4-8(3)10(11)6-9;1-6(2)8-4-9(10(11,12)13)7(3)14-5-8;1-7(2)9-5-4-8(3)10(11)6-9;1-8(2)10-6-4-9(3)5-7-10;1-6(2)8-4-9(10)7(3)11-5-8;/h4-7H,1-3H3;2*4-6,8H,1-3H3;5-8H,1-4H3;5-8H,1-4H3;4-7H,1-3H3;4-6H,1-3H3;4-7H,1-3H3;4-8H,1-3H3;4-6H,1-3H3;1H4. The van der Waals surface area contributed by atoms with Gasteiger partial charge in [0.15, 0.2) is 0 Å². The highest BCUT2D eigenvalue weighted by atomic mass is 35.5. The van der Waals surface area contributed by atoms with Crippen LogP contribution in [-0.4, -0.2) is 17.1 Å². The monoisotopic (exact) mass is 1680 g/mol. The number of rotatable bonds is 11. The van der Waals surface area contributed by atoms with Crippen molar-refractivity contribution in [3.63, 3.8) is 0 Å². The van der Waals surface area contributed by atoms with Gasteiger partial charge in [0.05, 0.1) is 52.2 Å². The molecule has 0 radical (unpaired) electrons. The van der Waals surface area contributed by atoms with Crippen molar-refractivity contribution >= 4 is 23.2 Å². The maximum atomic E-state index is 12.9. The average Bonchev–Trinajstić information content (AvgIpc) is 0.822. The third kappa shape index (κ3) is 40.2. The smallest absolute Gasteiger partial charge is 0.418 e. The molecule has 2 aromatic heterocycles. The van der Waals surface area contributed by atoms with Crippen molar-refractivity contribution in [1.29, 1.82) is 10.5 Å². The Morgan fingerprint density at radius 2 is 0.622 bits per heavy atom. The maximum Gasteiger partial charge on any atom is 0.418 e. The first kappa shape index (κ1) is 110. The van der Waals surface area contributed by atoms with Crippen molar-refractivity contribution < 1.29 is 35.5 Å². The Labute approximate surface area is 724 Å². The number of nitriles is 2. The van der Waals surface area contributed by atoms with Crippen LogP contribution in [0.3, 0.4) is 0 Å². The zero-order valence-electron chi connectivity index (χ0n) is 76.6. The third-order valence-corrected chi connectivity index (χ3v) is 20.7. The van der Waals surface area contributed by atoms with Gasteiger partial charge in [-0.3, -0.25) is 9.97 Å². The number of benzene rings is 8. The average molecular weight is 1680 g/mol. The molecule has 10 rings (SSSR count). The third-order valence-electron chi connectivity index (χ3n) is 19.9. The molecule has 0 aliphatic carbocycles. The zero-order chi connectivity index (χ0) is 90.6. The molecule has 0 N–H and O–H groups in total. The molecule has 0 saturated carbocycles. The fourth-order valence-electron chi connectivity index (χ4n) is 10.8. The van der Waals surface area contributed by atoms with Crippen LogP contribution in [0.5, 0.6) is 5.75 Å². The van der Waals surface area contributed by atoms with Crippen molar-refractivity contribution in [2.75, 3.05) is 7.11 Å². The summed E-state index contributed by atoms with van der Waals surface area (Å²) < 4.78 is 93.0. The summed E-state index contributed by atoms with van der Waals surface area (Å²) in [5.74, 6) is 5.45. The fraction of sp³-hybridized carbons (Fsp3) is 0.429. The predicted molar refractivity (Wildman–Crippen MR) is 496 cm³/mol. The molecule has 0 atom stereocenters. The van der Waals surface area contributed by atoms with Gasteiger partial charge < -0.3 is 4.74 Å². The van der Waals surface area contributed by atoms with Gasteiger partial charge in [-0.1, -0.05) is 290 Å². The number of halogens is 9. The van der Waals surface area contributed by atoms with Gasteiger partial charge in [0.25, 0.3) is 0 Å². The molecule has 648 valence electrons. The van der Waals surface area contributed by atoms with Crippen LogP contribution in [-0.2, 0) is 12.4 Å². The first-order valence-electron chi connectivity index (χ1n) is 40.9. The summed E-state index contributed by atoms with van der Waals surface area (Å²) in [6, 6.07) is 57.5. The van der Waals surface area contributed by atoms with Crippen molar-refractivity contribution in [2.45, 2.75) is 294 Å². The summed E-state index contributed by atoms with van der Waals surface area (Å²) in [6.07, 6.45) is -5.17. The van der Waals surface area contributed by atoms with E-state index in [1.54, 1.807) is 26.2 Å². The summed E-state index contributed by atoms with van der Waals surface area (Å²) in [7, 11) is 1.71. The van der Waals surface area contributed by atoms with Gasteiger partial charge in [0.1, 0.15) is 11.6 Å². The Kier molecular flexibility index (Phi) is 49.5. The van der Waals surface area contributed by atoms with Crippen LogP contribution in [0.25, 0.3) is 0 Å². The molecular formula is C105H139Cl2F7N4O. The van der Waals surface area contributed by atoms with Gasteiger partial charge in [-0.2, -0.15) is 36.9 Å². The second kappa shape index (κ2) is 53.6. The lowest BCUT2D eigenvalue weighted by atomic mass is 9.98. The molecule has 0 amide bonds. The molecule has 10 aromatic rings. The number of hydrogen-bond acceptors (Lipinski definition) is 5. The van der Waals surface area contributed by atoms with E-state index in [1.165, 1.54) is 99.4 Å². The second-order valence-corrected chi connectivity index (χ2v) is 34.0. The van der Waals surface area contributed by atoms with Gasteiger partial charge in [0, 0.05) is 23.1 Å². The number of aryl methyl sites for hydroxylation is 11. The minimum absolute atomic E-state index is 0. The van der Waals surface area contributed by atoms with Gasteiger partial charge in [-0.05, 0) is 284 Å². The molecule has 5 nitrogen and oxygen atoms in total. The molecule has 2 heterocycles. The van der Waals surface area contributed by atoms with Crippen LogP contribution >= 0.6 is 23.2 Å². The lowest BCUT2D eigenvalue weighted by Gasteiger charge is -2.13. The Balaban J connectivity index is 0.00000130. The molecule has 0 aliphatic heterocycles. The Morgan fingerprint density at radius 3 is 1.01 bits per heavy atom. The summed E-state index contributed by atoms with van der Waals surface area (Å²) in [5, 5.41) is 19.1. The molecule has 0 bridgehead atoms. The topological polar surface area (TPSA) is 82.6 Å². The second-order valence-electron chi connectivity index (χ2n) is 33.2.